The molecule has 0 aliphatic rings. The van der Waals surface area contributed by atoms with Gasteiger partial charge in [0.05, 0.1) is 9.85 Å². The summed E-state index contributed by atoms with van der Waals surface area (Å²) in [5.74, 6) is 0. The highest BCUT2D eigenvalue weighted by Gasteiger charge is 2.08. The molecule has 3 rings (SSSR count). The summed E-state index contributed by atoms with van der Waals surface area (Å²) in [5.41, 5.74) is 2.25. The Morgan fingerprint density at radius 3 is 1.04 bits per heavy atom. The molecule has 0 radical (unpaired) electrons. The minimum atomic E-state index is -0.607. The van der Waals surface area contributed by atoms with Crippen LogP contribution in [0.15, 0.2) is 84.9 Å². The van der Waals surface area contributed by atoms with E-state index in [0.717, 1.165) is 24.3 Å². The minimum Gasteiger partial charge on any atom is -0.344 e. The summed E-state index contributed by atoms with van der Waals surface area (Å²) in [4.78, 5) is 19.0. The lowest BCUT2D eigenvalue weighted by molar-refractivity contribution is -0.389. The van der Waals surface area contributed by atoms with Crippen LogP contribution >= 0.6 is 0 Å². The fraction of sp³-hybridized carbons (Fsp3) is 0. The minimum absolute atomic E-state index is 0. The van der Waals surface area contributed by atoms with Crippen LogP contribution in [0.25, 0.3) is 11.1 Å². The van der Waals surface area contributed by atoms with Crippen molar-refractivity contribution in [2.75, 3.05) is 0 Å². The normalized spacial score (nSPS) is 9.12. The van der Waals surface area contributed by atoms with Crippen LogP contribution in [0.2, 0.25) is 0 Å². The summed E-state index contributed by atoms with van der Waals surface area (Å²) in [6, 6.07) is 25.2. The molecule has 0 fully saturated rings. The van der Waals surface area contributed by atoms with Gasteiger partial charge in [0.15, 0.2) is 0 Å². The van der Waals surface area contributed by atoms with Gasteiger partial charge in [-0.3, -0.25) is 20.2 Å². The average molecular weight is 339 g/mol. The van der Waals surface area contributed by atoms with E-state index in [4.69, 9.17) is 0 Å². The van der Waals surface area contributed by atoms with Crippen LogP contribution in [0.3, 0.4) is 0 Å². The van der Waals surface area contributed by atoms with E-state index in [1.165, 1.54) is 11.1 Å². The standard InChI is InChI=1S/C12H10.C6H4N2O4.H3N/c1-3-7-11(8-4-1)12-9-5-2-6-10-12;9-7(10)5-1-2-6(4-3-5)8(11)12;/h1-10H;1-4H;1H3. The highest BCUT2D eigenvalue weighted by Crippen LogP contribution is 2.17. The number of hydrogen-bond donors (Lipinski definition) is 1. The molecule has 0 amide bonds. The average Bonchev–Trinajstić information content (AvgIpc) is 2.64. The highest BCUT2D eigenvalue weighted by molar-refractivity contribution is 5.62. The van der Waals surface area contributed by atoms with Crippen molar-refractivity contribution < 1.29 is 9.85 Å². The molecule has 0 aliphatic heterocycles. The summed E-state index contributed by atoms with van der Waals surface area (Å²) in [7, 11) is 0. The lowest BCUT2D eigenvalue weighted by atomic mass is 10.1. The van der Waals surface area contributed by atoms with Crippen LogP contribution in [0.5, 0.6) is 0 Å². The maximum atomic E-state index is 10.1. The summed E-state index contributed by atoms with van der Waals surface area (Å²) < 4.78 is 0. The first-order valence-corrected chi connectivity index (χ1v) is 7.07. The zero-order valence-electron chi connectivity index (χ0n) is 13.3. The molecule has 3 aromatic rings. The van der Waals surface area contributed by atoms with Crippen LogP contribution in [0.4, 0.5) is 11.4 Å². The maximum Gasteiger partial charge on any atom is 0.269 e. The number of nitro groups is 2. The molecule has 0 spiro atoms. The second kappa shape index (κ2) is 9.53. The summed E-state index contributed by atoms with van der Waals surface area (Å²) >= 11 is 0. The zero-order valence-corrected chi connectivity index (χ0v) is 13.3. The molecule has 0 atom stereocenters. The van der Waals surface area contributed by atoms with Gasteiger partial charge in [-0.25, -0.2) is 0 Å². The van der Waals surface area contributed by atoms with Gasteiger partial charge in [0, 0.05) is 24.3 Å². The van der Waals surface area contributed by atoms with Gasteiger partial charge in [0.2, 0.25) is 0 Å². The number of benzene rings is 3. The molecular formula is C18H17N3O4. The Labute approximate surface area is 144 Å². The van der Waals surface area contributed by atoms with Gasteiger partial charge in [0.1, 0.15) is 0 Å². The topological polar surface area (TPSA) is 121 Å². The zero-order chi connectivity index (χ0) is 17.4. The summed E-state index contributed by atoms with van der Waals surface area (Å²) in [5, 5.41) is 20.2. The predicted octanol–water partition coefficient (Wildman–Crippen LogP) is 5.02. The first-order chi connectivity index (χ1) is 11.6. The molecule has 0 aromatic heterocycles. The van der Waals surface area contributed by atoms with Gasteiger partial charge in [-0.05, 0) is 11.1 Å². The molecular weight excluding hydrogens is 322 g/mol. The Balaban J connectivity index is 0.000000240. The molecule has 128 valence electrons. The third-order valence-corrected chi connectivity index (χ3v) is 3.15. The summed E-state index contributed by atoms with van der Waals surface area (Å²) in [6.45, 7) is 0. The Hall–Kier alpha value is -3.58. The SMILES string of the molecule is N.O=[N+]([O-])c1ccc([N+](=O)[O-])cc1.c1ccc(-c2ccccc2)cc1. The van der Waals surface area contributed by atoms with E-state index in [9.17, 15) is 20.2 Å². The Kier molecular flexibility index (Phi) is 7.42. The van der Waals surface area contributed by atoms with Crippen molar-refractivity contribution in [2.24, 2.45) is 0 Å². The molecule has 7 heteroatoms. The van der Waals surface area contributed by atoms with Crippen LogP contribution < -0.4 is 6.15 Å². The van der Waals surface area contributed by atoms with E-state index in [0.29, 0.717) is 0 Å². The van der Waals surface area contributed by atoms with E-state index in [1.54, 1.807) is 0 Å². The van der Waals surface area contributed by atoms with Crippen LogP contribution in [-0.2, 0) is 0 Å². The number of non-ortho nitro benzene ring substituents is 2. The third-order valence-electron chi connectivity index (χ3n) is 3.15. The van der Waals surface area contributed by atoms with Crippen molar-refractivity contribution in [2.45, 2.75) is 0 Å². The Morgan fingerprint density at radius 2 is 0.800 bits per heavy atom. The number of rotatable bonds is 3. The van der Waals surface area contributed by atoms with Crippen LogP contribution in [0.1, 0.15) is 0 Å². The predicted molar refractivity (Wildman–Crippen MR) is 96.7 cm³/mol. The van der Waals surface area contributed by atoms with Crippen molar-refractivity contribution in [3.05, 3.63) is 105 Å². The molecule has 0 saturated carbocycles. The van der Waals surface area contributed by atoms with E-state index in [2.05, 4.69) is 48.5 Å². The van der Waals surface area contributed by atoms with Crippen molar-refractivity contribution in [1.82, 2.24) is 6.15 Å². The lowest BCUT2D eigenvalue weighted by Gasteiger charge is -1.98. The second-order valence-electron chi connectivity index (χ2n) is 4.76. The van der Waals surface area contributed by atoms with Crippen molar-refractivity contribution in [3.63, 3.8) is 0 Å². The fourth-order valence-corrected chi connectivity index (χ4v) is 1.96. The van der Waals surface area contributed by atoms with Gasteiger partial charge < -0.3 is 6.15 Å². The molecule has 0 bridgehead atoms. The molecule has 0 unspecified atom stereocenters. The van der Waals surface area contributed by atoms with Gasteiger partial charge >= 0.3 is 0 Å². The van der Waals surface area contributed by atoms with Crippen molar-refractivity contribution in [3.8, 4) is 11.1 Å². The molecule has 25 heavy (non-hydrogen) atoms. The molecule has 0 heterocycles. The Morgan fingerprint density at radius 1 is 0.520 bits per heavy atom. The number of nitro benzene ring substituents is 2. The van der Waals surface area contributed by atoms with E-state index in [1.807, 2.05) is 12.1 Å². The van der Waals surface area contributed by atoms with E-state index in [-0.39, 0.29) is 17.5 Å². The highest BCUT2D eigenvalue weighted by atomic mass is 16.6. The second-order valence-corrected chi connectivity index (χ2v) is 4.76. The van der Waals surface area contributed by atoms with Crippen LogP contribution in [-0.4, -0.2) is 9.85 Å². The van der Waals surface area contributed by atoms with Gasteiger partial charge in [-0.1, -0.05) is 60.7 Å². The van der Waals surface area contributed by atoms with Crippen LogP contribution in [0, 0.1) is 20.2 Å². The number of nitrogens with zero attached hydrogens (tertiary/aromatic N) is 2. The van der Waals surface area contributed by atoms with Crippen molar-refractivity contribution in [1.29, 1.82) is 0 Å². The Bertz CT molecular complexity index is 736. The van der Waals surface area contributed by atoms with E-state index >= 15 is 0 Å². The smallest absolute Gasteiger partial charge is 0.269 e. The molecule has 0 aliphatic carbocycles. The molecule has 0 saturated heterocycles. The van der Waals surface area contributed by atoms with Gasteiger partial charge in [-0.2, -0.15) is 0 Å². The van der Waals surface area contributed by atoms with Gasteiger partial charge in [-0.15, -0.1) is 0 Å². The van der Waals surface area contributed by atoms with Crippen molar-refractivity contribution >= 4 is 11.4 Å². The largest absolute Gasteiger partial charge is 0.344 e. The first-order valence-electron chi connectivity index (χ1n) is 7.07. The lowest BCUT2D eigenvalue weighted by Crippen LogP contribution is -1.90. The quantitative estimate of drug-likeness (QED) is 0.530. The molecule has 7 nitrogen and oxygen atoms in total. The maximum absolute atomic E-state index is 10.1. The monoisotopic (exact) mass is 339 g/mol. The van der Waals surface area contributed by atoms with Gasteiger partial charge in [0.25, 0.3) is 11.4 Å². The number of hydrogen-bond acceptors (Lipinski definition) is 5. The fourth-order valence-electron chi connectivity index (χ4n) is 1.96. The first kappa shape index (κ1) is 19.5. The van der Waals surface area contributed by atoms with E-state index < -0.39 is 9.85 Å². The third kappa shape index (κ3) is 5.85. The molecule has 3 N–H and O–H groups in total. The summed E-state index contributed by atoms with van der Waals surface area (Å²) in [6.07, 6.45) is 0. The molecule has 3 aromatic carbocycles.